The van der Waals surface area contributed by atoms with E-state index < -0.39 is 11.9 Å². The van der Waals surface area contributed by atoms with Gasteiger partial charge in [0, 0.05) is 12.1 Å². The monoisotopic (exact) mass is 289 g/mol. The summed E-state index contributed by atoms with van der Waals surface area (Å²) in [4.78, 5) is 27.2. The summed E-state index contributed by atoms with van der Waals surface area (Å²) < 4.78 is 5.15. The van der Waals surface area contributed by atoms with Gasteiger partial charge in [-0.1, -0.05) is 19.0 Å². The van der Waals surface area contributed by atoms with Crippen LogP contribution < -0.4 is 5.32 Å². The van der Waals surface area contributed by atoms with Gasteiger partial charge in [0.1, 0.15) is 5.56 Å². The highest BCUT2D eigenvalue weighted by atomic mass is 16.5. The second kappa shape index (κ2) is 5.74. The highest BCUT2D eigenvalue weighted by molar-refractivity contribution is 6.08. The Labute approximate surface area is 121 Å². The summed E-state index contributed by atoms with van der Waals surface area (Å²) in [5.41, 5.74) is 0.693. The maximum absolute atomic E-state index is 12.4. The fourth-order valence-electron chi connectivity index (χ4n) is 1.92. The Morgan fingerprint density at radius 1 is 1.38 bits per heavy atom. The predicted octanol–water partition coefficient (Wildman–Crippen LogP) is 2.45. The smallest absolute Gasteiger partial charge is 0.356 e. The summed E-state index contributed by atoms with van der Waals surface area (Å²) in [6.07, 6.45) is 1.35. The molecule has 0 fully saturated rings. The maximum atomic E-state index is 12.4. The van der Waals surface area contributed by atoms with Crippen molar-refractivity contribution >= 4 is 17.6 Å². The van der Waals surface area contributed by atoms with Crippen LogP contribution in [-0.4, -0.2) is 27.1 Å². The van der Waals surface area contributed by atoms with Crippen LogP contribution in [0.15, 0.2) is 22.9 Å². The van der Waals surface area contributed by atoms with Gasteiger partial charge in [0.15, 0.2) is 11.5 Å². The molecule has 2 aromatic heterocycles. The number of carboxylic acid groups (broad SMARTS) is 1. The predicted molar refractivity (Wildman–Crippen MR) is 74.5 cm³/mol. The van der Waals surface area contributed by atoms with Crippen LogP contribution in [-0.2, 0) is 0 Å². The van der Waals surface area contributed by atoms with Crippen molar-refractivity contribution in [3.63, 3.8) is 0 Å². The van der Waals surface area contributed by atoms with E-state index in [4.69, 9.17) is 9.63 Å². The highest BCUT2D eigenvalue weighted by Crippen LogP contribution is 2.23. The summed E-state index contributed by atoms with van der Waals surface area (Å²) >= 11 is 0. The van der Waals surface area contributed by atoms with E-state index in [0.717, 1.165) is 0 Å². The normalized spacial score (nSPS) is 10.7. The Morgan fingerprint density at radius 3 is 2.71 bits per heavy atom. The summed E-state index contributed by atoms with van der Waals surface area (Å²) in [7, 11) is 0. The Hall–Kier alpha value is -2.70. The van der Waals surface area contributed by atoms with Gasteiger partial charge in [-0.15, -0.1) is 0 Å². The van der Waals surface area contributed by atoms with Gasteiger partial charge in [0.25, 0.3) is 5.91 Å². The lowest BCUT2D eigenvalue weighted by atomic mass is 10.0. The molecule has 0 aliphatic heterocycles. The topological polar surface area (TPSA) is 105 Å². The minimum Gasteiger partial charge on any atom is -0.476 e. The third kappa shape index (κ3) is 2.91. The number of pyridine rings is 1. The van der Waals surface area contributed by atoms with Gasteiger partial charge >= 0.3 is 5.97 Å². The summed E-state index contributed by atoms with van der Waals surface area (Å²) in [6.45, 7) is 5.42. The van der Waals surface area contributed by atoms with Gasteiger partial charge in [-0.05, 0) is 19.1 Å². The number of hydrogen-bond donors (Lipinski definition) is 2. The molecule has 2 aromatic rings. The Kier molecular flexibility index (Phi) is 4.02. The molecule has 0 aliphatic rings. The van der Waals surface area contributed by atoms with Gasteiger partial charge < -0.3 is 14.9 Å². The number of rotatable bonds is 4. The van der Waals surface area contributed by atoms with Crippen molar-refractivity contribution in [3.8, 4) is 0 Å². The number of anilines is 1. The second-order valence-corrected chi connectivity index (χ2v) is 4.82. The van der Waals surface area contributed by atoms with Crippen LogP contribution in [0, 0.1) is 6.92 Å². The zero-order valence-corrected chi connectivity index (χ0v) is 11.9. The number of aromatic carboxylic acids is 1. The first-order valence-electron chi connectivity index (χ1n) is 6.37. The molecule has 0 atom stereocenters. The Morgan fingerprint density at radius 2 is 2.10 bits per heavy atom. The molecule has 2 N–H and O–H groups in total. The third-order valence-corrected chi connectivity index (χ3v) is 2.90. The van der Waals surface area contributed by atoms with E-state index in [2.05, 4.69) is 15.5 Å². The van der Waals surface area contributed by atoms with E-state index in [-0.39, 0.29) is 17.3 Å². The molecule has 7 heteroatoms. The Balaban J connectivity index is 2.35. The number of amides is 1. The molecule has 21 heavy (non-hydrogen) atoms. The lowest BCUT2D eigenvalue weighted by Crippen LogP contribution is -2.17. The molecule has 0 aliphatic carbocycles. The number of carbonyl (C=O) groups is 2. The molecule has 0 aromatic carbocycles. The largest absolute Gasteiger partial charge is 0.476 e. The molecule has 0 saturated heterocycles. The van der Waals surface area contributed by atoms with Crippen molar-refractivity contribution in [2.24, 2.45) is 0 Å². The van der Waals surface area contributed by atoms with Gasteiger partial charge in [-0.2, -0.15) is 0 Å². The summed E-state index contributed by atoms with van der Waals surface area (Å²) in [5.74, 6) is -1.23. The summed E-state index contributed by atoms with van der Waals surface area (Å²) in [5, 5.41) is 15.4. The van der Waals surface area contributed by atoms with Crippen LogP contribution in [0.2, 0.25) is 0 Å². The number of nitrogens with one attached hydrogen (secondary N) is 1. The van der Waals surface area contributed by atoms with Crippen molar-refractivity contribution < 1.29 is 19.2 Å². The lowest BCUT2D eigenvalue weighted by molar-refractivity contribution is 0.0691. The molecule has 0 radical (unpaired) electrons. The maximum Gasteiger partial charge on any atom is 0.356 e. The van der Waals surface area contributed by atoms with Crippen molar-refractivity contribution in [1.29, 1.82) is 0 Å². The quantitative estimate of drug-likeness (QED) is 0.895. The van der Waals surface area contributed by atoms with E-state index in [1.807, 2.05) is 13.8 Å². The van der Waals surface area contributed by atoms with Crippen LogP contribution in [0.3, 0.4) is 0 Å². The van der Waals surface area contributed by atoms with E-state index in [1.54, 1.807) is 13.0 Å². The zero-order chi connectivity index (χ0) is 15.6. The molecule has 0 unspecified atom stereocenters. The molecule has 0 bridgehead atoms. The molecule has 110 valence electrons. The first kappa shape index (κ1) is 14.7. The van der Waals surface area contributed by atoms with Crippen LogP contribution in [0.5, 0.6) is 0 Å². The SMILES string of the molecule is Cc1noc(C(C)C)c1C(=O)Nc1cccnc1C(=O)O. The molecular weight excluding hydrogens is 274 g/mol. The van der Waals surface area contributed by atoms with Gasteiger partial charge in [0.2, 0.25) is 0 Å². The van der Waals surface area contributed by atoms with E-state index in [0.29, 0.717) is 17.0 Å². The highest BCUT2D eigenvalue weighted by Gasteiger charge is 2.24. The molecule has 7 nitrogen and oxygen atoms in total. The standard InChI is InChI=1S/C14H15N3O4/c1-7(2)12-10(8(3)17-21-12)13(18)16-9-5-4-6-15-11(9)14(19)20/h4-7H,1-3H3,(H,16,18)(H,19,20). The number of aromatic nitrogens is 2. The minimum absolute atomic E-state index is 0.0141. The first-order chi connectivity index (χ1) is 9.91. The van der Waals surface area contributed by atoms with Crippen LogP contribution in [0.1, 0.15) is 52.1 Å². The zero-order valence-electron chi connectivity index (χ0n) is 11.9. The number of aryl methyl sites for hydroxylation is 1. The van der Waals surface area contributed by atoms with Crippen LogP contribution >= 0.6 is 0 Å². The molecule has 2 rings (SSSR count). The average molecular weight is 289 g/mol. The molecule has 1 amide bonds. The summed E-state index contributed by atoms with van der Waals surface area (Å²) in [6, 6.07) is 3.03. The molecule has 2 heterocycles. The molecule has 0 saturated carbocycles. The number of hydrogen-bond acceptors (Lipinski definition) is 5. The van der Waals surface area contributed by atoms with E-state index >= 15 is 0 Å². The molecular formula is C14H15N3O4. The minimum atomic E-state index is -1.21. The van der Waals surface area contributed by atoms with Gasteiger partial charge in [-0.25, -0.2) is 9.78 Å². The van der Waals surface area contributed by atoms with E-state index in [9.17, 15) is 9.59 Å². The van der Waals surface area contributed by atoms with Gasteiger partial charge in [-0.3, -0.25) is 4.79 Å². The van der Waals surface area contributed by atoms with Crippen molar-refractivity contribution in [3.05, 3.63) is 41.0 Å². The number of carbonyl (C=O) groups excluding carboxylic acids is 1. The number of nitrogens with zero attached hydrogens (tertiary/aromatic N) is 2. The second-order valence-electron chi connectivity index (χ2n) is 4.82. The fraction of sp³-hybridized carbons (Fsp3) is 0.286. The van der Waals surface area contributed by atoms with Crippen molar-refractivity contribution in [1.82, 2.24) is 10.1 Å². The average Bonchev–Trinajstić information content (AvgIpc) is 2.81. The van der Waals surface area contributed by atoms with Gasteiger partial charge in [0.05, 0.1) is 11.4 Å². The third-order valence-electron chi connectivity index (χ3n) is 2.90. The number of carboxylic acids is 1. The molecule has 0 spiro atoms. The van der Waals surface area contributed by atoms with E-state index in [1.165, 1.54) is 12.3 Å². The Bertz CT molecular complexity index is 691. The lowest BCUT2D eigenvalue weighted by Gasteiger charge is -2.08. The first-order valence-corrected chi connectivity index (χ1v) is 6.37. The van der Waals surface area contributed by atoms with Crippen LogP contribution in [0.4, 0.5) is 5.69 Å². The van der Waals surface area contributed by atoms with Crippen molar-refractivity contribution in [2.45, 2.75) is 26.7 Å². The van der Waals surface area contributed by atoms with Crippen molar-refractivity contribution in [2.75, 3.05) is 5.32 Å². The van der Waals surface area contributed by atoms with Crippen LogP contribution in [0.25, 0.3) is 0 Å². The fourth-order valence-corrected chi connectivity index (χ4v) is 1.92.